The van der Waals surface area contributed by atoms with Crippen LogP contribution in [0.2, 0.25) is 5.02 Å². The van der Waals surface area contributed by atoms with Gasteiger partial charge in [-0.25, -0.2) is 0 Å². The Balaban J connectivity index is 2.11. The molecule has 0 aliphatic heterocycles. The molecule has 0 saturated heterocycles. The number of thioether (sulfide) groups is 1. The smallest absolute Gasteiger partial charge is 0.242 e. The fraction of sp³-hybridized carbons (Fsp3) is 0.391. The van der Waals surface area contributed by atoms with E-state index in [4.69, 9.17) is 11.6 Å². The van der Waals surface area contributed by atoms with Crippen LogP contribution >= 0.6 is 23.4 Å². The number of hydrogen-bond acceptors (Lipinski definition) is 3. The standard InChI is InChI=1S/C23H29ClN2O2S/c1-4-5-14-25-23(28)18(3)26(15-19-8-6-7-9-21(19)24)22(27)16-29-20-12-10-17(2)11-13-20/h6-13,18H,4-5,14-16H2,1-3H3,(H,25,28)/t18-/m1/s1. The van der Waals surface area contributed by atoms with Crippen LogP contribution in [0.15, 0.2) is 53.4 Å². The molecule has 2 aromatic carbocycles. The van der Waals surface area contributed by atoms with Crippen molar-refractivity contribution in [2.75, 3.05) is 12.3 Å². The third-order valence-electron chi connectivity index (χ3n) is 4.68. The molecule has 0 aliphatic carbocycles. The number of aryl methyl sites for hydroxylation is 1. The molecule has 0 bridgehead atoms. The summed E-state index contributed by atoms with van der Waals surface area (Å²) in [5.74, 6) is 0.0351. The summed E-state index contributed by atoms with van der Waals surface area (Å²) in [6.45, 7) is 6.79. The minimum absolute atomic E-state index is 0.0892. The fourth-order valence-corrected chi connectivity index (χ4v) is 3.77. The average molecular weight is 433 g/mol. The van der Waals surface area contributed by atoms with Crippen LogP contribution in [0.1, 0.15) is 37.8 Å². The predicted molar refractivity (Wildman–Crippen MR) is 121 cm³/mol. The summed E-state index contributed by atoms with van der Waals surface area (Å²) in [7, 11) is 0. The Morgan fingerprint density at radius 3 is 2.48 bits per heavy atom. The normalized spacial score (nSPS) is 11.7. The van der Waals surface area contributed by atoms with Crippen LogP contribution in [-0.4, -0.2) is 35.1 Å². The largest absolute Gasteiger partial charge is 0.354 e. The first kappa shape index (κ1) is 23.3. The number of rotatable bonds is 10. The van der Waals surface area contributed by atoms with Gasteiger partial charge in [0.05, 0.1) is 5.75 Å². The van der Waals surface area contributed by atoms with Crippen molar-refractivity contribution in [2.45, 2.75) is 51.1 Å². The third kappa shape index (κ3) is 7.41. The van der Waals surface area contributed by atoms with Crippen molar-refractivity contribution in [3.63, 3.8) is 0 Å². The zero-order valence-electron chi connectivity index (χ0n) is 17.3. The Labute approximate surface area is 183 Å². The SMILES string of the molecule is CCCCNC(=O)[C@@H](C)N(Cc1ccccc1Cl)C(=O)CSc1ccc(C)cc1. The van der Waals surface area contributed by atoms with Gasteiger partial charge in [0.15, 0.2) is 0 Å². The van der Waals surface area contributed by atoms with Crippen LogP contribution in [0.4, 0.5) is 0 Å². The van der Waals surface area contributed by atoms with Gasteiger partial charge in [-0.3, -0.25) is 9.59 Å². The van der Waals surface area contributed by atoms with Gasteiger partial charge in [-0.2, -0.15) is 0 Å². The van der Waals surface area contributed by atoms with Gasteiger partial charge in [0.1, 0.15) is 6.04 Å². The molecule has 0 radical (unpaired) electrons. The summed E-state index contributed by atoms with van der Waals surface area (Å²) in [4.78, 5) is 28.3. The summed E-state index contributed by atoms with van der Waals surface area (Å²) in [6.07, 6.45) is 1.92. The minimum Gasteiger partial charge on any atom is -0.354 e. The van der Waals surface area contributed by atoms with Crippen LogP contribution in [0.3, 0.4) is 0 Å². The van der Waals surface area contributed by atoms with Crippen molar-refractivity contribution in [2.24, 2.45) is 0 Å². The Morgan fingerprint density at radius 1 is 1.14 bits per heavy atom. The summed E-state index contributed by atoms with van der Waals surface area (Å²) in [6, 6.07) is 14.9. The molecule has 6 heteroatoms. The van der Waals surface area contributed by atoms with Gasteiger partial charge in [-0.1, -0.05) is 60.8 Å². The molecule has 4 nitrogen and oxygen atoms in total. The van der Waals surface area contributed by atoms with E-state index in [9.17, 15) is 9.59 Å². The summed E-state index contributed by atoms with van der Waals surface area (Å²) < 4.78 is 0. The van der Waals surface area contributed by atoms with Gasteiger partial charge in [-0.15, -0.1) is 11.8 Å². The molecule has 156 valence electrons. The molecule has 0 heterocycles. The lowest BCUT2D eigenvalue weighted by Gasteiger charge is -2.29. The molecule has 0 aliphatic rings. The first-order valence-electron chi connectivity index (χ1n) is 9.92. The second kappa shape index (κ2) is 11.9. The van der Waals surface area contributed by atoms with Crippen LogP contribution in [0.25, 0.3) is 0 Å². The maximum absolute atomic E-state index is 13.1. The van der Waals surface area contributed by atoms with E-state index < -0.39 is 6.04 Å². The molecule has 0 spiro atoms. The zero-order valence-corrected chi connectivity index (χ0v) is 18.9. The number of halogens is 1. The van der Waals surface area contributed by atoms with E-state index >= 15 is 0 Å². The molecule has 29 heavy (non-hydrogen) atoms. The molecule has 2 aromatic rings. The number of amides is 2. The van der Waals surface area contributed by atoms with Crippen molar-refractivity contribution in [3.8, 4) is 0 Å². The zero-order chi connectivity index (χ0) is 21.2. The lowest BCUT2D eigenvalue weighted by atomic mass is 10.1. The highest BCUT2D eigenvalue weighted by Crippen LogP contribution is 2.22. The summed E-state index contributed by atoms with van der Waals surface area (Å²) >= 11 is 7.78. The van der Waals surface area contributed by atoms with Gasteiger partial charge in [0, 0.05) is 23.0 Å². The van der Waals surface area contributed by atoms with Gasteiger partial charge < -0.3 is 10.2 Å². The van der Waals surface area contributed by atoms with Gasteiger partial charge in [0.2, 0.25) is 11.8 Å². The molecular weight excluding hydrogens is 404 g/mol. The highest BCUT2D eigenvalue weighted by atomic mass is 35.5. The number of nitrogens with zero attached hydrogens (tertiary/aromatic N) is 1. The van der Waals surface area contributed by atoms with E-state index in [-0.39, 0.29) is 17.6 Å². The number of benzene rings is 2. The van der Waals surface area contributed by atoms with Gasteiger partial charge >= 0.3 is 0 Å². The molecule has 0 fully saturated rings. The highest BCUT2D eigenvalue weighted by Gasteiger charge is 2.26. The Hall–Kier alpha value is -1.98. The fourth-order valence-electron chi connectivity index (χ4n) is 2.79. The van der Waals surface area contributed by atoms with E-state index in [0.29, 0.717) is 18.1 Å². The van der Waals surface area contributed by atoms with Crippen molar-refractivity contribution in [1.82, 2.24) is 10.2 Å². The highest BCUT2D eigenvalue weighted by molar-refractivity contribution is 8.00. The molecule has 0 aromatic heterocycles. The van der Waals surface area contributed by atoms with Crippen LogP contribution in [0, 0.1) is 6.92 Å². The van der Waals surface area contributed by atoms with E-state index in [1.807, 2.05) is 49.4 Å². The van der Waals surface area contributed by atoms with Gasteiger partial charge in [0.25, 0.3) is 0 Å². The topological polar surface area (TPSA) is 49.4 Å². The Bertz CT molecular complexity index is 811. The molecule has 1 N–H and O–H groups in total. The molecule has 0 saturated carbocycles. The maximum atomic E-state index is 13.1. The van der Waals surface area contributed by atoms with E-state index in [2.05, 4.69) is 12.2 Å². The van der Waals surface area contributed by atoms with Crippen LogP contribution in [0.5, 0.6) is 0 Å². The number of carbonyl (C=O) groups excluding carboxylic acids is 2. The Kier molecular flexibility index (Phi) is 9.55. The first-order valence-corrected chi connectivity index (χ1v) is 11.3. The number of carbonyl (C=O) groups is 2. The summed E-state index contributed by atoms with van der Waals surface area (Å²) in [5.41, 5.74) is 2.01. The molecule has 2 amide bonds. The average Bonchev–Trinajstić information content (AvgIpc) is 2.72. The monoisotopic (exact) mass is 432 g/mol. The van der Waals surface area contributed by atoms with E-state index in [1.165, 1.54) is 17.3 Å². The second-order valence-corrected chi connectivity index (χ2v) is 8.49. The van der Waals surface area contributed by atoms with Crippen molar-refractivity contribution < 1.29 is 9.59 Å². The lowest BCUT2D eigenvalue weighted by molar-refractivity contribution is -0.138. The van der Waals surface area contributed by atoms with Crippen molar-refractivity contribution >= 4 is 35.2 Å². The molecule has 0 unspecified atom stereocenters. The van der Waals surface area contributed by atoms with E-state index in [0.717, 1.165) is 23.3 Å². The van der Waals surface area contributed by atoms with Gasteiger partial charge in [-0.05, 0) is 44.0 Å². The van der Waals surface area contributed by atoms with Crippen LogP contribution < -0.4 is 5.32 Å². The second-order valence-electron chi connectivity index (χ2n) is 7.04. The maximum Gasteiger partial charge on any atom is 0.242 e. The van der Waals surface area contributed by atoms with Crippen LogP contribution in [-0.2, 0) is 16.1 Å². The minimum atomic E-state index is -0.575. The first-order chi connectivity index (χ1) is 13.9. The Morgan fingerprint density at radius 2 is 1.83 bits per heavy atom. The quantitative estimate of drug-likeness (QED) is 0.421. The van der Waals surface area contributed by atoms with Crippen molar-refractivity contribution in [3.05, 3.63) is 64.7 Å². The lowest BCUT2D eigenvalue weighted by Crippen LogP contribution is -2.48. The number of hydrogen-bond donors (Lipinski definition) is 1. The van der Waals surface area contributed by atoms with E-state index in [1.54, 1.807) is 17.9 Å². The molecular formula is C23H29ClN2O2S. The number of unbranched alkanes of at least 4 members (excludes halogenated alkanes) is 1. The van der Waals surface area contributed by atoms with Crippen molar-refractivity contribution in [1.29, 1.82) is 0 Å². The third-order valence-corrected chi connectivity index (χ3v) is 6.04. The molecule has 2 rings (SSSR count). The predicted octanol–water partition coefficient (Wildman–Crippen LogP) is 5.07. The summed E-state index contributed by atoms with van der Waals surface area (Å²) in [5, 5.41) is 3.52. The molecule has 1 atom stereocenters. The number of nitrogens with one attached hydrogen (secondary N) is 1.